The van der Waals surface area contributed by atoms with Crippen molar-refractivity contribution < 1.29 is 27.2 Å². The first-order valence-corrected chi connectivity index (χ1v) is 11.6. The molecule has 0 bridgehead atoms. The molecule has 0 spiro atoms. The Labute approximate surface area is 196 Å². The highest BCUT2D eigenvalue weighted by Crippen LogP contribution is 2.27. The van der Waals surface area contributed by atoms with E-state index in [2.05, 4.69) is 5.43 Å². The summed E-state index contributed by atoms with van der Waals surface area (Å²) in [4.78, 5) is 25.7. The van der Waals surface area contributed by atoms with Crippen molar-refractivity contribution in [3.63, 3.8) is 0 Å². The molecule has 174 valence electrons. The summed E-state index contributed by atoms with van der Waals surface area (Å²) in [6.45, 7) is 1.82. The fourth-order valence-electron chi connectivity index (χ4n) is 3.21. The van der Waals surface area contributed by atoms with Crippen molar-refractivity contribution in [1.82, 2.24) is 15.2 Å². The van der Waals surface area contributed by atoms with Crippen LogP contribution in [0, 0.1) is 6.92 Å². The molecule has 2 aromatic carbocycles. The van der Waals surface area contributed by atoms with Gasteiger partial charge in [-0.15, -0.1) is 0 Å². The lowest BCUT2D eigenvalue weighted by atomic mass is 10.1. The molecule has 0 saturated heterocycles. The summed E-state index contributed by atoms with van der Waals surface area (Å²) in [6.07, 6.45) is 4.45. The van der Waals surface area contributed by atoms with Gasteiger partial charge in [-0.25, -0.2) is 22.9 Å². The van der Waals surface area contributed by atoms with Crippen molar-refractivity contribution in [1.29, 1.82) is 0 Å². The molecule has 0 fully saturated rings. The Morgan fingerprint density at radius 1 is 1.09 bits per heavy atom. The summed E-state index contributed by atoms with van der Waals surface area (Å²) in [5.41, 5.74) is 4.31. The Morgan fingerprint density at radius 3 is 2.41 bits per heavy atom. The molecular weight excluding hydrogens is 458 g/mol. The van der Waals surface area contributed by atoms with E-state index in [0.29, 0.717) is 17.1 Å². The molecule has 1 aliphatic rings. The Hall–Kier alpha value is -4.31. The monoisotopic (exact) mass is 479 g/mol. The van der Waals surface area contributed by atoms with Gasteiger partial charge in [-0.05, 0) is 67.6 Å². The van der Waals surface area contributed by atoms with E-state index in [1.165, 1.54) is 37.7 Å². The molecule has 1 aliphatic heterocycles. The number of rotatable bonds is 5. The number of benzene rings is 2. The molecule has 4 rings (SSSR count). The molecule has 0 atom stereocenters. The largest absolute Gasteiger partial charge is 0.497 e. The van der Waals surface area contributed by atoms with Gasteiger partial charge in [0.05, 0.1) is 24.0 Å². The molecule has 0 aliphatic carbocycles. The zero-order valence-corrected chi connectivity index (χ0v) is 19.1. The van der Waals surface area contributed by atoms with Crippen LogP contribution < -0.4 is 14.9 Å². The van der Waals surface area contributed by atoms with E-state index in [-0.39, 0.29) is 16.2 Å². The van der Waals surface area contributed by atoms with Gasteiger partial charge >= 0.3 is 6.03 Å². The summed E-state index contributed by atoms with van der Waals surface area (Å²) in [7, 11) is -2.66. The van der Waals surface area contributed by atoms with Crippen molar-refractivity contribution in [3.8, 4) is 5.75 Å². The van der Waals surface area contributed by atoms with E-state index < -0.39 is 22.0 Å². The predicted octanol–water partition coefficient (Wildman–Crippen LogP) is 3.47. The highest BCUT2D eigenvalue weighted by atomic mass is 32.2. The molecule has 0 unspecified atom stereocenters. The van der Waals surface area contributed by atoms with Gasteiger partial charge in [-0.2, -0.15) is 0 Å². The number of carbonyl (C=O) groups excluding carboxylic acids is 2. The van der Waals surface area contributed by atoms with Crippen LogP contribution in [0.25, 0.3) is 11.8 Å². The van der Waals surface area contributed by atoms with E-state index in [1.54, 1.807) is 48.5 Å². The maximum Gasteiger partial charge on any atom is 0.354 e. The van der Waals surface area contributed by atoms with Crippen molar-refractivity contribution >= 4 is 33.7 Å². The van der Waals surface area contributed by atoms with Crippen LogP contribution in [0.5, 0.6) is 5.75 Å². The van der Waals surface area contributed by atoms with Crippen LogP contribution in [0.1, 0.15) is 16.9 Å². The maximum absolute atomic E-state index is 13.0. The van der Waals surface area contributed by atoms with Crippen molar-refractivity contribution in [3.05, 3.63) is 95.5 Å². The third-order valence-electron chi connectivity index (χ3n) is 4.99. The van der Waals surface area contributed by atoms with Gasteiger partial charge in [0.25, 0.3) is 15.9 Å². The molecule has 3 aromatic rings. The molecule has 10 heteroatoms. The average molecular weight is 480 g/mol. The van der Waals surface area contributed by atoms with Gasteiger partial charge in [-0.3, -0.25) is 10.2 Å². The van der Waals surface area contributed by atoms with E-state index >= 15 is 0 Å². The summed E-state index contributed by atoms with van der Waals surface area (Å²) < 4.78 is 38.0. The zero-order valence-electron chi connectivity index (χ0n) is 18.3. The second kappa shape index (κ2) is 9.28. The number of ether oxygens (including phenoxy) is 1. The summed E-state index contributed by atoms with van der Waals surface area (Å²) in [6, 6.07) is 15.1. The van der Waals surface area contributed by atoms with E-state index in [0.717, 1.165) is 10.6 Å². The molecule has 2 heterocycles. The summed E-state index contributed by atoms with van der Waals surface area (Å²) in [5, 5.41) is 0.857. The third kappa shape index (κ3) is 4.86. The number of amides is 3. The maximum atomic E-state index is 13.0. The number of sulfonamides is 1. The topological polar surface area (TPSA) is 118 Å². The van der Waals surface area contributed by atoms with E-state index in [9.17, 15) is 18.0 Å². The number of methoxy groups -OCH3 is 1. The molecule has 0 saturated carbocycles. The molecule has 2 N–H and O–H groups in total. The van der Waals surface area contributed by atoms with Crippen molar-refractivity contribution in [2.75, 3.05) is 7.11 Å². The Bertz CT molecular complexity index is 1370. The fraction of sp³-hybridized carbons (Fsp3) is 0.0833. The first kappa shape index (κ1) is 22.9. The number of urea groups is 1. The molecule has 3 amide bonds. The lowest BCUT2D eigenvalue weighted by Crippen LogP contribution is -2.52. The van der Waals surface area contributed by atoms with Gasteiger partial charge < -0.3 is 9.15 Å². The summed E-state index contributed by atoms with van der Waals surface area (Å²) in [5.74, 6) is 0.417. The van der Waals surface area contributed by atoms with Gasteiger partial charge in [0, 0.05) is 11.1 Å². The number of carbonyl (C=O) groups is 2. The zero-order chi connectivity index (χ0) is 24.3. The molecule has 9 nitrogen and oxygen atoms in total. The molecule has 0 radical (unpaired) electrons. The van der Waals surface area contributed by atoms with Gasteiger partial charge in [-0.1, -0.05) is 17.7 Å². The number of hydrogen-bond donors (Lipinski definition) is 2. The Kier molecular flexibility index (Phi) is 6.24. The number of nitrogens with zero attached hydrogens (tertiary/aromatic N) is 1. The average Bonchev–Trinajstić information content (AvgIpc) is 3.33. The highest BCUT2D eigenvalue weighted by molar-refractivity contribution is 7.90. The minimum atomic E-state index is -4.18. The number of hydrazine groups is 1. The first-order chi connectivity index (χ1) is 16.3. The predicted molar refractivity (Wildman–Crippen MR) is 125 cm³/mol. The Morgan fingerprint density at radius 2 is 1.79 bits per heavy atom. The fourth-order valence-corrected chi connectivity index (χ4v) is 4.14. The minimum Gasteiger partial charge on any atom is -0.497 e. The standard InChI is InChI=1S/C24H21N3O6S/c1-16-5-11-21(12-6-16)34(30,31)26-24(29)27-22(17-7-9-19(32-2)10-8-17)15-18(23(28)25-27)14-20-4-3-13-33-20/h3-15H,1-2H3,(H,25,28)(H,26,29)/b18-14-. The number of furan rings is 1. The number of nitrogens with one attached hydrogen (secondary N) is 2. The van der Waals surface area contributed by atoms with Crippen LogP contribution in [0.3, 0.4) is 0 Å². The summed E-state index contributed by atoms with van der Waals surface area (Å²) >= 11 is 0. The van der Waals surface area contributed by atoms with Crippen molar-refractivity contribution in [2.45, 2.75) is 11.8 Å². The van der Waals surface area contributed by atoms with Crippen LogP contribution >= 0.6 is 0 Å². The molecule has 1 aromatic heterocycles. The smallest absolute Gasteiger partial charge is 0.354 e. The van der Waals surface area contributed by atoms with E-state index in [4.69, 9.17) is 9.15 Å². The molecular formula is C24H21N3O6S. The van der Waals surface area contributed by atoms with Gasteiger partial charge in [0.2, 0.25) is 0 Å². The van der Waals surface area contributed by atoms with Crippen LogP contribution in [-0.2, 0) is 14.8 Å². The number of aryl methyl sites for hydroxylation is 1. The quantitative estimate of drug-likeness (QED) is 0.541. The first-order valence-electron chi connectivity index (χ1n) is 10.1. The highest BCUT2D eigenvalue weighted by Gasteiger charge is 2.31. The van der Waals surface area contributed by atoms with E-state index in [1.807, 2.05) is 11.6 Å². The minimum absolute atomic E-state index is 0.0804. The third-order valence-corrected chi connectivity index (χ3v) is 6.33. The van der Waals surface area contributed by atoms with Crippen LogP contribution in [0.2, 0.25) is 0 Å². The SMILES string of the molecule is COc1ccc(C2=C/C(=C/c3ccco3)C(=O)NN2C(=O)NS(=O)(=O)c2ccc(C)cc2)cc1. The Balaban J connectivity index is 1.71. The lowest BCUT2D eigenvalue weighted by Gasteiger charge is -2.30. The lowest BCUT2D eigenvalue weighted by molar-refractivity contribution is -0.120. The normalized spacial score (nSPS) is 15.0. The number of hydrogen-bond acceptors (Lipinski definition) is 6. The van der Waals surface area contributed by atoms with Gasteiger partial charge in [0.15, 0.2) is 0 Å². The molecule has 34 heavy (non-hydrogen) atoms. The van der Waals surface area contributed by atoms with Crippen LogP contribution in [-0.4, -0.2) is 32.5 Å². The second-order valence-electron chi connectivity index (χ2n) is 7.37. The van der Waals surface area contributed by atoms with Crippen LogP contribution in [0.4, 0.5) is 4.79 Å². The van der Waals surface area contributed by atoms with Gasteiger partial charge in [0.1, 0.15) is 11.5 Å². The van der Waals surface area contributed by atoms with Crippen molar-refractivity contribution in [2.24, 2.45) is 0 Å². The second-order valence-corrected chi connectivity index (χ2v) is 9.06. The van der Waals surface area contributed by atoms with Crippen LogP contribution in [0.15, 0.2) is 87.9 Å².